The molecule has 1 aliphatic heterocycles. The highest BCUT2D eigenvalue weighted by Gasteiger charge is 2.28. The number of hydrogen-bond donors (Lipinski definition) is 1. The number of nitrogens with one attached hydrogen (secondary N) is 1. The van der Waals surface area contributed by atoms with Gasteiger partial charge in [0.15, 0.2) is 0 Å². The van der Waals surface area contributed by atoms with Crippen LogP contribution in [0.1, 0.15) is 40.0 Å². The van der Waals surface area contributed by atoms with E-state index in [1.807, 2.05) is 0 Å². The molecule has 16 heavy (non-hydrogen) atoms. The highest BCUT2D eigenvalue weighted by atomic mass is 15.2. The van der Waals surface area contributed by atoms with E-state index in [4.69, 9.17) is 0 Å². The number of hydrogen-bond acceptors (Lipinski definition) is 2. The molecule has 0 radical (unpaired) electrons. The summed E-state index contributed by atoms with van der Waals surface area (Å²) in [6.07, 6.45) is 4.33. The van der Waals surface area contributed by atoms with Crippen molar-refractivity contribution in [1.82, 2.24) is 10.2 Å². The third kappa shape index (κ3) is 3.46. The molecule has 3 atom stereocenters. The van der Waals surface area contributed by atoms with Gasteiger partial charge in [-0.1, -0.05) is 13.8 Å². The Morgan fingerprint density at radius 2 is 1.94 bits per heavy atom. The minimum atomic E-state index is 0.777. The summed E-state index contributed by atoms with van der Waals surface area (Å²) < 4.78 is 0. The molecule has 0 aromatic rings. The maximum absolute atomic E-state index is 3.60. The van der Waals surface area contributed by atoms with E-state index in [1.165, 1.54) is 45.4 Å². The normalized spacial score (nSPS) is 36.6. The van der Waals surface area contributed by atoms with Crippen LogP contribution in [-0.2, 0) is 0 Å². The zero-order valence-corrected chi connectivity index (χ0v) is 11.2. The van der Waals surface area contributed by atoms with Crippen LogP contribution in [0, 0.1) is 17.8 Å². The lowest BCUT2D eigenvalue weighted by Crippen LogP contribution is -2.48. The first kappa shape index (κ1) is 12.4. The van der Waals surface area contributed by atoms with Gasteiger partial charge in [-0.05, 0) is 50.5 Å². The molecule has 0 bridgehead atoms. The van der Waals surface area contributed by atoms with Gasteiger partial charge in [-0.25, -0.2) is 0 Å². The van der Waals surface area contributed by atoms with Crippen molar-refractivity contribution in [1.29, 1.82) is 0 Å². The first-order valence-corrected chi connectivity index (χ1v) is 7.11. The highest BCUT2D eigenvalue weighted by molar-refractivity contribution is 4.82. The maximum Gasteiger partial charge on any atom is 0.0110 e. The summed E-state index contributed by atoms with van der Waals surface area (Å²) in [6, 6.07) is 0.777. The fraction of sp³-hybridized carbons (Fsp3) is 1.00. The predicted octanol–water partition coefficient (Wildman–Crippen LogP) is 2.35. The summed E-state index contributed by atoms with van der Waals surface area (Å²) in [4.78, 5) is 2.68. The fourth-order valence-electron chi connectivity index (χ4n) is 2.98. The molecular weight excluding hydrogens is 196 g/mol. The first-order valence-electron chi connectivity index (χ1n) is 7.11. The van der Waals surface area contributed by atoms with Crippen LogP contribution in [0.4, 0.5) is 0 Å². The summed E-state index contributed by atoms with van der Waals surface area (Å²) >= 11 is 0. The van der Waals surface area contributed by atoms with E-state index in [9.17, 15) is 0 Å². The van der Waals surface area contributed by atoms with Gasteiger partial charge in [-0.15, -0.1) is 0 Å². The van der Waals surface area contributed by atoms with Crippen molar-refractivity contribution in [3.05, 3.63) is 0 Å². The van der Waals surface area contributed by atoms with E-state index >= 15 is 0 Å². The molecule has 0 aromatic heterocycles. The summed E-state index contributed by atoms with van der Waals surface area (Å²) in [5, 5.41) is 3.60. The zero-order valence-electron chi connectivity index (χ0n) is 11.2. The molecule has 0 amide bonds. The average molecular weight is 224 g/mol. The quantitative estimate of drug-likeness (QED) is 0.721. The van der Waals surface area contributed by atoms with Crippen molar-refractivity contribution < 1.29 is 0 Å². The molecular formula is C14H28N2. The van der Waals surface area contributed by atoms with Gasteiger partial charge < -0.3 is 5.32 Å². The van der Waals surface area contributed by atoms with Crippen LogP contribution < -0.4 is 5.32 Å². The largest absolute Gasteiger partial charge is 0.315 e. The monoisotopic (exact) mass is 224 g/mol. The van der Waals surface area contributed by atoms with Crippen LogP contribution in [0.2, 0.25) is 0 Å². The van der Waals surface area contributed by atoms with Crippen LogP contribution in [0.3, 0.4) is 0 Å². The molecule has 0 aromatic carbocycles. The van der Waals surface area contributed by atoms with Crippen molar-refractivity contribution in [3.8, 4) is 0 Å². The topological polar surface area (TPSA) is 15.3 Å². The van der Waals surface area contributed by atoms with Crippen molar-refractivity contribution in [2.45, 2.75) is 46.1 Å². The standard InChI is InChI=1S/C14H28N2/c1-11-8-12(2)13(3)16(10-11)7-6-15-9-14-4-5-14/h11-15H,4-10H2,1-3H3. The lowest BCUT2D eigenvalue weighted by molar-refractivity contribution is 0.0807. The number of nitrogens with zero attached hydrogens (tertiary/aromatic N) is 1. The lowest BCUT2D eigenvalue weighted by atomic mass is 9.86. The maximum atomic E-state index is 3.60. The molecule has 2 fully saturated rings. The predicted molar refractivity (Wildman–Crippen MR) is 69.6 cm³/mol. The van der Waals surface area contributed by atoms with Gasteiger partial charge in [0.1, 0.15) is 0 Å². The SMILES string of the molecule is CC1CC(C)C(C)N(CCNCC2CC2)C1. The molecule has 1 saturated carbocycles. The third-order valence-electron chi connectivity index (χ3n) is 4.43. The smallest absolute Gasteiger partial charge is 0.0110 e. The summed E-state index contributed by atoms with van der Waals surface area (Å²) in [6.45, 7) is 12.2. The minimum absolute atomic E-state index is 0.777. The first-order chi connectivity index (χ1) is 7.66. The Morgan fingerprint density at radius 3 is 2.62 bits per heavy atom. The van der Waals surface area contributed by atoms with Crippen LogP contribution in [0.25, 0.3) is 0 Å². The fourth-order valence-corrected chi connectivity index (χ4v) is 2.98. The van der Waals surface area contributed by atoms with Crippen molar-refractivity contribution in [3.63, 3.8) is 0 Å². The number of piperidine rings is 1. The van der Waals surface area contributed by atoms with Crippen LogP contribution in [-0.4, -0.2) is 37.1 Å². The Labute approximate surface area is 101 Å². The Hall–Kier alpha value is -0.0800. The molecule has 0 spiro atoms. The molecule has 1 heterocycles. The van der Waals surface area contributed by atoms with Gasteiger partial charge in [0.2, 0.25) is 0 Å². The second-order valence-corrected chi connectivity index (χ2v) is 6.20. The Kier molecular flexibility index (Phi) is 4.26. The second kappa shape index (κ2) is 5.50. The summed E-state index contributed by atoms with van der Waals surface area (Å²) in [7, 11) is 0. The van der Waals surface area contributed by atoms with E-state index in [1.54, 1.807) is 0 Å². The van der Waals surface area contributed by atoms with E-state index < -0.39 is 0 Å². The molecule has 2 heteroatoms. The molecule has 2 rings (SSSR count). The Balaban J connectivity index is 1.65. The lowest BCUT2D eigenvalue weighted by Gasteiger charge is -2.41. The van der Waals surface area contributed by atoms with Crippen molar-refractivity contribution in [2.24, 2.45) is 17.8 Å². The third-order valence-corrected chi connectivity index (χ3v) is 4.43. The second-order valence-electron chi connectivity index (χ2n) is 6.20. The number of likely N-dealkylation sites (tertiary alicyclic amines) is 1. The van der Waals surface area contributed by atoms with Gasteiger partial charge in [0, 0.05) is 25.7 Å². The van der Waals surface area contributed by atoms with Crippen molar-refractivity contribution >= 4 is 0 Å². The molecule has 2 nitrogen and oxygen atoms in total. The van der Waals surface area contributed by atoms with Crippen LogP contribution in [0.5, 0.6) is 0 Å². The molecule has 1 aliphatic carbocycles. The van der Waals surface area contributed by atoms with Gasteiger partial charge in [-0.3, -0.25) is 4.90 Å². The van der Waals surface area contributed by atoms with E-state index in [0.29, 0.717) is 0 Å². The Bertz CT molecular complexity index is 213. The zero-order chi connectivity index (χ0) is 11.5. The number of rotatable bonds is 5. The minimum Gasteiger partial charge on any atom is -0.315 e. The molecule has 1 N–H and O–H groups in total. The van der Waals surface area contributed by atoms with Gasteiger partial charge >= 0.3 is 0 Å². The Morgan fingerprint density at radius 1 is 1.19 bits per heavy atom. The van der Waals surface area contributed by atoms with E-state index in [-0.39, 0.29) is 0 Å². The summed E-state index contributed by atoms with van der Waals surface area (Å²) in [5.74, 6) is 2.76. The highest BCUT2D eigenvalue weighted by Crippen LogP contribution is 2.28. The average Bonchev–Trinajstić information content (AvgIpc) is 3.03. The molecule has 2 aliphatic rings. The molecule has 1 saturated heterocycles. The van der Waals surface area contributed by atoms with E-state index in [0.717, 1.165) is 23.8 Å². The van der Waals surface area contributed by atoms with Gasteiger partial charge in [-0.2, -0.15) is 0 Å². The van der Waals surface area contributed by atoms with Crippen molar-refractivity contribution in [2.75, 3.05) is 26.2 Å². The molecule has 94 valence electrons. The van der Waals surface area contributed by atoms with Crippen LogP contribution in [0.15, 0.2) is 0 Å². The summed E-state index contributed by atoms with van der Waals surface area (Å²) in [5.41, 5.74) is 0. The molecule has 3 unspecified atom stereocenters. The van der Waals surface area contributed by atoms with E-state index in [2.05, 4.69) is 31.0 Å². The van der Waals surface area contributed by atoms with Crippen LogP contribution >= 0.6 is 0 Å². The van der Waals surface area contributed by atoms with Gasteiger partial charge in [0.05, 0.1) is 0 Å². The van der Waals surface area contributed by atoms with Gasteiger partial charge in [0.25, 0.3) is 0 Å².